The second-order valence-electron chi connectivity index (χ2n) is 3.78. The van der Waals surface area contributed by atoms with Crippen LogP contribution in [0.2, 0.25) is 0 Å². The Morgan fingerprint density at radius 3 is 2.42 bits per heavy atom. The van der Waals surface area contributed by atoms with Crippen LogP contribution in [0.3, 0.4) is 0 Å². The predicted octanol–water partition coefficient (Wildman–Crippen LogP) is 1.94. The number of rotatable bonds is 6. The van der Waals surface area contributed by atoms with E-state index in [-0.39, 0.29) is 17.5 Å². The maximum atomic E-state index is 11.8. The van der Waals surface area contributed by atoms with Gasteiger partial charge in [0.05, 0.1) is 22.5 Å². The van der Waals surface area contributed by atoms with Gasteiger partial charge in [-0.15, -0.1) is 0 Å². The zero-order chi connectivity index (χ0) is 14.4. The molecule has 7 nitrogen and oxygen atoms in total. The van der Waals surface area contributed by atoms with Crippen LogP contribution in [-0.2, 0) is 4.74 Å². The van der Waals surface area contributed by atoms with E-state index in [1.54, 1.807) is 6.92 Å². The molecule has 0 aliphatic heterocycles. The summed E-state index contributed by atoms with van der Waals surface area (Å²) >= 11 is 0. The van der Waals surface area contributed by atoms with Crippen LogP contribution in [0.1, 0.15) is 40.5 Å². The molecule has 1 aromatic carbocycles. The molecule has 0 bridgehead atoms. The molecular formula is C12H13NO6. The summed E-state index contributed by atoms with van der Waals surface area (Å²) in [5.74, 6) is -2.30. The molecular weight excluding hydrogens is 254 g/mol. The van der Waals surface area contributed by atoms with E-state index in [2.05, 4.69) is 0 Å². The molecule has 0 radical (unpaired) electrons. The van der Waals surface area contributed by atoms with Crippen molar-refractivity contribution < 1.29 is 24.4 Å². The van der Waals surface area contributed by atoms with Crippen molar-refractivity contribution in [2.75, 3.05) is 0 Å². The molecule has 7 heteroatoms. The van der Waals surface area contributed by atoms with Crippen LogP contribution in [0, 0.1) is 10.1 Å². The highest BCUT2D eigenvalue weighted by Gasteiger charge is 2.26. The van der Waals surface area contributed by atoms with Gasteiger partial charge in [0.15, 0.2) is 0 Å². The smallest absolute Gasteiger partial charge is 0.356 e. The largest absolute Gasteiger partial charge is 0.478 e. The highest BCUT2D eigenvalue weighted by atomic mass is 16.7. The zero-order valence-electron chi connectivity index (χ0n) is 10.2. The van der Waals surface area contributed by atoms with Gasteiger partial charge in [-0.05, 0) is 18.6 Å². The fourth-order valence-electron chi connectivity index (χ4n) is 1.49. The molecule has 0 aromatic heterocycles. The lowest BCUT2D eigenvalue weighted by Crippen LogP contribution is -2.27. The van der Waals surface area contributed by atoms with Crippen LogP contribution >= 0.6 is 0 Å². The number of esters is 1. The quantitative estimate of drug-likeness (QED) is 0.365. The van der Waals surface area contributed by atoms with Crippen molar-refractivity contribution in [1.29, 1.82) is 0 Å². The van der Waals surface area contributed by atoms with E-state index in [1.807, 2.05) is 0 Å². The molecule has 1 aromatic rings. The van der Waals surface area contributed by atoms with Gasteiger partial charge in [0.1, 0.15) is 0 Å². The molecule has 0 amide bonds. The van der Waals surface area contributed by atoms with Crippen molar-refractivity contribution in [3.05, 3.63) is 45.5 Å². The summed E-state index contributed by atoms with van der Waals surface area (Å²) in [6.45, 7) is 1.72. The molecule has 0 saturated heterocycles. The second kappa shape index (κ2) is 6.48. The van der Waals surface area contributed by atoms with Crippen LogP contribution in [0.25, 0.3) is 0 Å². The van der Waals surface area contributed by atoms with Crippen LogP contribution in [-0.4, -0.2) is 28.2 Å². The Labute approximate surface area is 109 Å². The van der Waals surface area contributed by atoms with Gasteiger partial charge in [-0.2, -0.15) is 0 Å². The Balaban J connectivity index is 2.94. The molecule has 1 N–H and O–H groups in total. The highest BCUT2D eigenvalue weighted by molar-refractivity contribution is 6.02. The van der Waals surface area contributed by atoms with E-state index < -0.39 is 23.1 Å². The summed E-state index contributed by atoms with van der Waals surface area (Å²) in [6.07, 6.45) is -0.910. The normalized spacial score (nSPS) is 11.6. The Morgan fingerprint density at radius 1 is 1.37 bits per heavy atom. The molecule has 102 valence electrons. The van der Waals surface area contributed by atoms with Crippen molar-refractivity contribution in [3.63, 3.8) is 0 Å². The van der Waals surface area contributed by atoms with Crippen LogP contribution in [0.4, 0.5) is 0 Å². The molecule has 1 atom stereocenters. The van der Waals surface area contributed by atoms with Gasteiger partial charge >= 0.3 is 18.2 Å². The van der Waals surface area contributed by atoms with E-state index in [1.165, 1.54) is 24.3 Å². The maximum absolute atomic E-state index is 11.8. The third-order valence-corrected chi connectivity index (χ3v) is 2.39. The van der Waals surface area contributed by atoms with Gasteiger partial charge < -0.3 is 9.84 Å². The summed E-state index contributed by atoms with van der Waals surface area (Å²) in [7, 11) is 0. The monoisotopic (exact) mass is 267 g/mol. The molecule has 0 aliphatic rings. The molecule has 0 saturated carbocycles. The average Bonchev–Trinajstić information content (AvgIpc) is 2.37. The number of carbonyl (C=O) groups is 2. The maximum Gasteiger partial charge on any atom is 0.356 e. The van der Waals surface area contributed by atoms with Crippen molar-refractivity contribution >= 4 is 11.9 Å². The third-order valence-electron chi connectivity index (χ3n) is 2.39. The number of aromatic carboxylic acids is 1. The first kappa shape index (κ1) is 14.6. The molecule has 19 heavy (non-hydrogen) atoms. The number of nitro groups is 1. The van der Waals surface area contributed by atoms with Crippen molar-refractivity contribution in [3.8, 4) is 0 Å². The Morgan fingerprint density at radius 2 is 1.95 bits per heavy atom. The highest BCUT2D eigenvalue weighted by Crippen LogP contribution is 2.13. The number of carbonyl (C=O) groups excluding carboxylic acids is 1. The van der Waals surface area contributed by atoms with Gasteiger partial charge in [-0.25, -0.2) is 9.59 Å². The SMILES string of the molecule is CCCC(OC(=O)c1ccccc1C(=O)O)[N+](=O)[O-]. The first-order valence-corrected chi connectivity index (χ1v) is 5.64. The standard InChI is InChI=1S/C12H13NO6/c1-2-5-10(13(17)18)19-12(16)9-7-4-3-6-8(9)11(14)15/h3-4,6-7,10H,2,5H2,1H3,(H,14,15). The van der Waals surface area contributed by atoms with Gasteiger partial charge in [-0.3, -0.25) is 10.1 Å². The van der Waals surface area contributed by atoms with Gasteiger partial charge in [-0.1, -0.05) is 19.1 Å². The van der Waals surface area contributed by atoms with Gasteiger partial charge in [0.2, 0.25) is 0 Å². The average molecular weight is 267 g/mol. The van der Waals surface area contributed by atoms with Gasteiger partial charge in [0.25, 0.3) is 0 Å². The van der Waals surface area contributed by atoms with Crippen LogP contribution < -0.4 is 0 Å². The lowest BCUT2D eigenvalue weighted by molar-refractivity contribution is -0.567. The summed E-state index contributed by atoms with van der Waals surface area (Å²) < 4.78 is 4.73. The van der Waals surface area contributed by atoms with Crippen molar-refractivity contribution in [1.82, 2.24) is 0 Å². The molecule has 1 unspecified atom stereocenters. The minimum absolute atomic E-state index is 0.0774. The Bertz CT molecular complexity index is 499. The van der Waals surface area contributed by atoms with E-state index in [0.29, 0.717) is 6.42 Å². The van der Waals surface area contributed by atoms with Crippen LogP contribution in [0.15, 0.2) is 24.3 Å². The lowest BCUT2D eigenvalue weighted by atomic mass is 10.1. The molecule has 1 rings (SSSR count). The van der Waals surface area contributed by atoms with E-state index in [9.17, 15) is 19.7 Å². The predicted molar refractivity (Wildman–Crippen MR) is 64.5 cm³/mol. The number of carboxylic acid groups (broad SMARTS) is 1. The molecule has 0 fully saturated rings. The lowest BCUT2D eigenvalue weighted by Gasteiger charge is -2.10. The first-order chi connectivity index (χ1) is 8.97. The number of nitrogens with zero attached hydrogens (tertiary/aromatic N) is 1. The van der Waals surface area contributed by atoms with E-state index >= 15 is 0 Å². The first-order valence-electron chi connectivity index (χ1n) is 5.64. The number of hydrogen-bond acceptors (Lipinski definition) is 5. The van der Waals surface area contributed by atoms with E-state index in [4.69, 9.17) is 9.84 Å². The molecule has 0 aliphatic carbocycles. The van der Waals surface area contributed by atoms with Crippen molar-refractivity contribution in [2.24, 2.45) is 0 Å². The van der Waals surface area contributed by atoms with E-state index in [0.717, 1.165) is 0 Å². The third kappa shape index (κ3) is 3.77. The van der Waals surface area contributed by atoms with Gasteiger partial charge in [0, 0.05) is 0 Å². The topological polar surface area (TPSA) is 107 Å². The fraction of sp³-hybridized carbons (Fsp3) is 0.333. The number of benzene rings is 1. The summed E-state index contributed by atoms with van der Waals surface area (Å²) in [6, 6.07) is 5.41. The second-order valence-corrected chi connectivity index (χ2v) is 3.78. The Kier molecular flexibility index (Phi) is 4.99. The minimum Gasteiger partial charge on any atom is -0.478 e. The molecule has 0 spiro atoms. The van der Waals surface area contributed by atoms with Crippen LogP contribution in [0.5, 0.6) is 0 Å². The number of hydrogen-bond donors (Lipinski definition) is 1. The Hall–Kier alpha value is -2.44. The summed E-state index contributed by atoms with van der Waals surface area (Å²) in [5, 5.41) is 19.6. The summed E-state index contributed by atoms with van der Waals surface area (Å²) in [4.78, 5) is 32.7. The summed E-state index contributed by atoms with van der Waals surface area (Å²) in [5.41, 5.74) is -0.441. The molecule has 0 heterocycles. The van der Waals surface area contributed by atoms with Crippen molar-refractivity contribution in [2.45, 2.75) is 26.0 Å². The zero-order valence-corrected chi connectivity index (χ0v) is 10.2. The minimum atomic E-state index is -1.46. The number of ether oxygens (including phenoxy) is 1. The fourth-order valence-corrected chi connectivity index (χ4v) is 1.49. The number of carboxylic acids is 1.